The van der Waals surface area contributed by atoms with Gasteiger partial charge >= 0.3 is 0 Å². The second kappa shape index (κ2) is 9.87. The summed E-state index contributed by atoms with van der Waals surface area (Å²) in [6.07, 6.45) is 1.81. The molecule has 1 aromatic carbocycles. The zero-order chi connectivity index (χ0) is 18.2. The Labute approximate surface area is 158 Å². The van der Waals surface area contributed by atoms with Crippen molar-refractivity contribution < 1.29 is 14.2 Å². The molecule has 1 saturated heterocycles. The first kappa shape index (κ1) is 19.1. The first-order chi connectivity index (χ1) is 12.7. The molecule has 1 fully saturated rings. The van der Waals surface area contributed by atoms with Crippen LogP contribution < -0.4 is 10.5 Å². The molecule has 26 heavy (non-hydrogen) atoms. The van der Waals surface area contributed by atoms with Gasteiger partial charge in [0.25, 0.3) is 0 Å². The lowest BCUT2D eigenvalue weighted by atomic mass is 10.1. The van der Waals surface area contributed by atoms with E-state index in [1.807, 2.05) is 18.2 Å². The minimum atomic E-state index is 0.510. The molecule has 2 heterocycles. The molecule has 6 nitrogen and oxygen atoms in total. The van der Waals surface area contributed by atoms with Crippen LogP contribution in [0.1, 0.15) is 22.6 Å². The molecule has 1 aliphatic rings. The molecule has 1 aliphatic heterocycles. The van der Waals surface area contributed by atoms with E-state index in [4.69, 9.17) is 19.9 Å². The molecule has 0 aliphatic carbocycles. The number of rotatable bonds is 9. The van der Waals surface area contributed by atoms with E-state index in [1.165, 1.54) is 16.9 Å². The van der Waals surface area contributed by atoms with E-state index in [0.29, 0.717) is 11.7 Å². The van der Waals surface area contributed by atoms with Gasteiger partial charge < -0.3 is 19.9 Å². The highest BCUT2D eigenvalue weighted by Crippen LogP contribution is 2.25. The lowest BCUT2D eigenvalue weighted by Gasteiger charge is -2.26. The molecule has 0 spiro atoms. The Morgan fingerprint density at radius 3 is 2.96 bits per heavy atom. The van der Waals surface area contributed by atoms with Crippen LogP contribution in [-0.2, 0) is 22.5 Å². The smallest absolute Gasteiger partial charge is 0.180 e. The van der Waals surface area contributed by atoms with Gasteiger partial charge in [0.2, 0.25) is 0 Å². The molecule has 142 valence electrons. The summed E-state index contributed by atoms with van der Waals surface area (Å²) < 4.78 is 16.5. The van der Waals surface area contributed by atoms with Gasteiger partial charge in [0.15, 0.2) is 5.13 Å². The van der Waals surface area contributed by atoms with Gasteiger partial charge in [0.1, 0.15) is 5.75 Å². The fourth-order valence-corrected chi connectivity index (χ4v) is 3.88. The van der Waals surface area contributed by atoms with Crippen LogP contribution in [0.25, 0.3) is 0 Å². The maximum atomic E-state index is 5.93. The highest BCUT2D eigenvalue weighted by atomic mass is 32.1. The third kappa shape index (κ3) is 5.67. The topological polar surface area (TPSA) is 69.8 Å². The fourth-order valence-electron chi connectivity index (χ4n) is 3.01. The predicted octanol–water partition coefficient (Wildman–Crippen LogP) is 2.56. The predicted molar refractivity (Wildman–Crippen MR) is 104 cm³/mol. The lowest BCUT2D eigenvalue weighted by Crippen LogP contribution is -2.37. The van der Waals surface area contributed by atoms with Crippen molar-refractivity contribution in [2.45, 2.75) is 19.4 Å². The van der Waals surface area contributed by atoms with Crippen LogP contribution in [0.15, 0.2) is 24.3 Å². The van der Waals surface area contributed by atoms with E-state index < -0.39 is 0 Å². The highest BCUT2D eigenvalue weighted by molar-refractivity contribution is 7.15. The standard InChI is InChI=1S/C19H27N3O3S/c1-23-16-5-2-4-15(12-16)13-18-17(21-19(20)26-18)14-25-9-3-6-22-7-10-24-11-8-22/h2,4-5,12H,3,6-11,13-14H2,1H3,(H2,20,21). The number of benzene rings is 1. The van der Waals surface area contributed by atoms with Crippen molar-refractivity contribution in [3.63, 3.8) is 0 Å². The molecule has 0 saturated carbocycles. The quantitative estimate of drug-likeness (QED) is 0.678. The van der Waals surface area contributed by atoms with Crippen LogP contribution in [0.2, 0.25) is 0 Å². The summed E-state index contributed by atoms with van der Waals surface area (Å²) in [5, 5.41) is 0.592. The average molecular weight is 378 g/mol. The van der Waals surface area contributed by atoms with Crippen molar-refractivity contribution in [1.82, 2.24) is 9.88 Å². The Morgan fingerprint density at radius 2 is 2.15 bits per heavy atom. The summed E-state index contributed by atoms with van der Waals surface area (Å²) in [5.41, 5.74) is 8.05. The third-order valence-corrected chi connectivity index (χ3v) is 5.33. The first-order valence-electron chi connectivity index (χ1n) is 8.99. The number of ether oxygens (including phenoxy) is 3. The maximum absolute atomic E-state index is 5.93. The molecule has 0 radical (unpaired) electrons. The molecule has 7 heteroatoms. The van der Waals surface area contributed by atoms with Crippen LogP contribution in [0, 0.1) is 0 Å². The van der Waals surface area contributed by atoms with Crippen molar-refractivity contribution in [2.75, 3.05) is 52.3 Å². The number of morpholine rings is 1. The monoisotopic (exact) mass is 377 g/mol. The van der Waals surface area contributed by atoms with Crippen LogP contribution in [0.5, 0.6) is 5.75 Å². The van der Waals surface area contributed by atoms with Gasteiger partial charge in [-0.1, -0.05) is 12.1 Å². The van der Waals surface area contributed by atoms with Crippen LogP contribution in [0.4, 0.5) is 5.13 Å². The molecule has 0 unspecified atom stereocenters. The van der Waals surface area contributed by atoms with E-state index in [1.54, 1.807) is 7.11 Å². The van der Waals surface area contributed by atoms with Crippen molar-refractivity contribution in [1.29, 1.82) is 0 Å². The largest absolute Gasteiger partial charge is 0.497 e. The van der Waals surface area contributed by atoms with Gasteiger partial charge in [-0.15, -0.1) is 11.3 Å². The molecule has 2 N–H and O–H groups in total. The summed E-state index contributed by atoms with van der Waals surface area (Å²) in [6, 6.07) is 8.08. The normalized spacial score (nSPS) is 15.3. The van der Waals surface area contributed by atoms with E-state index in [9.17, 15) is 0 Å². The number of nitrogens with two attached hydrogens (primary N) is 1. The zero-order valence-corrected chi connectivity index (χ0v) is 16.1. The second-order valence-corrected chi connectivity index (χ2v) is 7.43. The SMILES string of the molecule is COc1cccc(Cc2sc(N)nc2COCCCN2CCOCC2)c1. The zero-order valence-electron chi connectivity index (χ0n) is 15.3. The minimum absolute atomic E-state index is 0.510. The average Bonchev–Trinajstić information content (AvgIpc) is 3.01. The van der Waals surface area contributed by atoms with Gasteiger partial charge in [0.05, 0.1) is 32.6 Å². The molecular weight excluding hydrogens is 350 g/mol. The van der Waals surface area contributed by atoms with Crippen molar-refractivity contribution in [3.8, 4) is 5.75 Å². The molecular formula is C19H27N3O3S. The number of thiazole rings is 1. The van der Waals surface area contributed by atoms with E-state index in [-0.39, 0.29) is 0 Å². The molecule has 0 bridgehead atoms. The number of nitrogens with zero attached hydrogens (tertiary/aromatic N) is 2. The number of hydrogen-bond donors (Lipinski definition) is 1. The summed E-state index contributed by atoms with van der Waals surface area (Å²) >= 11 is 1.53. The maximum Gasteiger partial charge on any atom is 0.180 e. The summed E-state index contributed by atoms with van der Waals surface area (Å²) in [6.45, 7) is 6.02. The van der Waals surface area contributed by atoms with Crippen molar-refractivity contribution >= 4 is 16.5 Å². The third-order valence-electron chi connectivity index (χ3n) is 4.40. The van der Waals surface area contributed by atoms with Crippen molar-refractivity contribution in [3.05, 3.63) is 40.4 Å². The van der Waals surface area contributed by atoms with Gasteiger partial charge in [-0.3, -0.25) is 4.90 Å². The molecule has 2 aromatic rings. The Balaban J connectivity index is 1.47. The second-order valence-electron chi connectivity index (χ2n) is 6.31. The lowest BCUT2D eigenvalue weighted by molar-refractivity contribution is 0.0308. The fraction of sp³-hybridized carbons (Fsp3) is 0.526. The minimum Gasteiger partial charge on any atom is -0.497 e. The Kier molecular flexibility index (Phi) is 7.25. The van der Waals surface area contributed by atoms with Gasteiger partial charge in [-0.2, -0.15) is 0 Å². The number of nitrogen functional groups attached to an aromatic ring is 1. The van der Waals surface area contributed by atoms with E-state index in [2.05, 4.69) is 16.0 Å². The number of anilines is 1. The summed E-state index contributed by atoms with van der Waals surface area (Å²) in [4.78, 5) is 8.02. The van der Waals surface area contributed by atoms with Crippen molar-refractivity contribution in [2.24, 2.45) is 0 Å². The van der Waals surface area contributed by atoms with E-state index in [0.717, 1.165) is 68.6 Å². The highest BCUT2D eigenvalue weighted by Gasteiger charge is 2.12. The number of methoxy groups -OCH3 is 1. The van der Waals surface area contributed by atoms with Gasteiger partial charge in [-0.05, 0) is 24.1 Å². The molecule has 3 rings (SSSR count). The Hall–Kier alpha value is -1.67. The first-order valence-corrected chi connectivity index (χ1v) is 9.81. The number of hydrogen-bond acceptors (Lipinski definition) is 7. The van der Waals surface area contributed by atoms with Gasteiger partial charge in [0, 0.05) is 37.5 Å². The van der Waals surface area contributed by atoms with Crippen LogP contribution in [0.3, 0.4) is 0 Å². The molecule has 0 atom stereocenters. The molecule has 0 amide bonds. The van der Waals surface area contributed by atoms with Crippen LogP contribution >= 0.6 is 11.3 Å². The van der Waals surface area contributed by atoms with Crippen LogP contribution in [-0.4, -0.2) is 56.4 Å². The number of aromatic nitrogens is 1. The Morgan fingerprint density at radius 1 is 1.31 bits per heavy atom. The summed E-state index contributed by atoms with van der Waals surface area (Å²) in [7, 11) is 1.68. The van der Waals surface area contributed by atoms with E-state index >= 15 is 0 Å². The molecule has 1 aromatic heterocycles. The summed E-state index contributed by atoms with van der Waals surface area (Å²) in [5.74, 6) is 0.862. The Bertz CT molecular complexity index is 686. The van der Waals surface area contributed by atoms with Gasteiger partial charge in [-0.25, -0.2) is 4.98 Å².